The zero-order valence-electron chi connectivity index (χ0n) is 15.6. The Kier molecular flexibility index (Phi) is 6.05. The van der Waals surface area contributed by atoms with Gasteiger partial charge in [-0.2, -0.15) is 0 Å². The molecule has 0 fully saturated rings. The summed E-state index contributed by atoms with van der Waals surface area (Å²) in [5.74, 6) is 6.21. The number of phenols is 1. The van der Waals surface area contributed by atoms with E-state index in [2.05, 4.69) is 39.5 Å². The molecule has 1 rings (SSSR count). The van der Waals surface area contributed by atoms with Crippen LogP contribution in [0.5, 0.6) is 5.75 Å². The Morgan fingerprint density at radius 2 is 1.74 bits per heavy atom. The van der Waals surface area contributed by atoms with Gasteiger partial charge in [0.15, 0.2) is 0 Å². The Morgan fingerprint density at radius 3 is 2.26 bits per heavy atom. The lowest BCUT2D eigenvalue weighted by molar-refractivity contribution is -0.114. The van der Waals surface area contributed by atoms with Crippen LogP contribution in [-0.4, -0.2) is 10.9 Å². The molecule has 2 heteroatoms. The van der Waals surface area contributed by atoms with Crippen LogP contribution in [0.3, 0.4) is 0 Å². The first kappa shape index (κ1) is 19.3. The molecule has 0 unspecified atom stereocenters. The molecule has 1 N–H and O–H groups in total. The van der Waals surface area contributed by atoms with E-state index in [0.29, 0.717) is 12.2 Å². The Balaban J connectivity index is 3.09. The van der Waals surface area contributed by atoms with E-state index in [9.17, 15) is 9.90 Å². The average Bonchev–Trinajstić information content (AvgIpc) is 2.42. The van der Waals surface area contributed by atoms with E-state index >= 15 is 0 Å². The van der Waals surface area contributed by atoms with Crippen LogP contribution in [0.1, 0.15) is 72.4 Å². The molecular weight excluding hydrogens is 284 g/mol. The number of hydrogen-bond donors (Lipinski definition) is 1. The molecule has 1 atom stereocenters. The second-order valence-electron chi connectivity index (χ2n) is 8.01. The van der Waals surface area contributed by atoms with E-state index < -0.39 is 5.41 Å². The predicted molar refractivity (Wildman–Crippen MR) is 96.7 cm³/mol. The highest BCUT2D eigenvalue weighted by molar-refractivity contribution is 5.96. The number of ketones is 1. The van der Waals surface area contributed by atoms with Gasteiger partial charge in [-0.25, -0.2) is 0 Å². The summed E-state index contributed by atoms with van der Waals surface area (Å²) in [6.07, 6.45) is 1.25. The minimum atomic E-state index is -0.452. The monoisotopic (exact) mass is 314 g/mol. The first-order chi connectivity index (χ1) is 10.5. The van der Waals surface area contributed by atoms with Gasteiger partial charge in [-0.05, 0) is 23.3 Å². The molecule has 0 heterocycles. The maximum atomic E-state index is 12.2. The molecule has 2 nitrogen and oxygen atoms in total. The van der Waals surface area contributed by atoms with Gasteiger partial charge in [-0.1, -0.05) is 72.6 Å². The van der Waals surface area contributed by atoms with Crippen molar-refractivity contribution >= 4 is 5.78 Å². The minimum absolute atomic E-state index is 0.0733. The van der Waals surface area contributed by atoms with Gasteiger partial charge in [0, 0.05) is 23.3 Å². The topological polar surface area (TPSA) is 37.3 Å². The second-order valence-corrected chi connectivity index (χ2v) is 8.01. The quantitative estimate of drug-likeness (QED) is 0.629. The van der Waals surface area contributed by atoms with Gasteiger partial charge < -0.3 is 5.11 Å². The zero-order valence-corrected chi connectivity index (χ0v) is 15.6. The van der Waals surface area contributed by atoms with E-state index in [-0.39, 0.29) is 17.1 Å². The van der Waals surface area contributed by atoms with Crippen molar-refractivity contribution in [2.75, 3.05) is 0 Å². The Morgan fingerprint density at radius 1 is 1.17 bits per heavy atom. The lowest BCUT2D eigenvalue weighted by Crippen LogP contribution is -2.23. The van der Waals surface area contributed by atoms with Crippen molar-refractivity contribution in [3.63, 3.8) is 0 Å². The van der Waals surface area contributed by atoms with Crippen molar-refractivity contribution in [3.8, 4) is 17.6 Å². The number of hydrogen-bond acceptors (Lipinski definition) is 2. The molecule has 0 aromatic heterocycles. The summed E-state index contributed by atoms with van der Waals surface area (Å²) < 4.78 is 0. The molecule has 1 aromatic rings. The third kappa shape index (κ3) is 5.13. The van der Waals surface area contributed by atoms with Gasteiger partial charge in [-0.15, -0.1) is 0 Å². The number of rotatable bonds is 4. The molecule has 0 aliphatic heterocycles. The average molecular weight is 314 g/mol. The summed E-state index contributed by atoms with van der Waals surface area (Å²) in [5.41, 5.74) is 1.12. The fraction of sp³-hybridized carbons (Fsp3) is 0.571. The summed E-state index contributed by atoms with van der Waals surface area (Å²) in [6, 6.07) is 5.80. The molecule has 0 saturated heterocycles. The first-order valence-electron chi connectivity index (χ1n) is 8.36. The van der Waals surface area contributed by atoms with Crippen molar-refractivity contribution in [3.05, 3.63) is 29.3 Å². The van der Waals surface area contributed by atoms with Crippen LogP contribution in [0.15, 0.2) is 18.2 Å². The van der Waals surface area contributed by atoms with Gasteiger partial charge in [-0.3, -0.25) is 4.79 Å². The highest BCUT2D eigenvalue weighted by atomic mass is 16.3. The number of phenolic OH excluding ortho intramolecular Hbond substituents is 1. The van der Waals surface area contributed by atoms with Crippen molar-refractivity contribution in [2.45, 2.75) is 72.1 Å². The molecule has 0 bridgehead atoms. The van der Waals surface area contributed by atoms with E-state index in [0.717, 1.165) is 17.5 Å². The van der Waals surface area contributed by atoms with Crippen molar-refractivity contribution in [1.29, 1.82) is 0 Å². The Bertz CT molecular complexity index is 621. The summed E-state index contributed by atoms with van der Waals surface area (Å²) in [7, 11) is 0. The largest absolute Gasteiger partial charge is 0.507 e. The molecule has 23 heavy (non-hydrogen) atoms. The van der Waals surface area contributed by atoms with Crippen LogP contribution in [0, 0.1) is 17.8 Å². The second kappa shape index (κ2) is 7.21. The van der Waals surface area contributed by atoms with Crippen LogP contribution < -0.4 is 0 Å². The van der Waals surface area contributed by atoms with Crippen molar-refractivity contribution in [1.82, 2.24) is 0 Å². The van der Waals surface area contributed by atoms with Crippen LogP contribution in [0.2, 0.25) is 0 Å². The summed E-state index contributed by atoms with van der Waals surface area (Å²) in [4.78, 5) is 12.2. The normalized spacial score (nSPS) is 13.2. The molecule has 0 spiro atoms. The van der Waals surface area contributed by atoms with Gasteiger partial charge >= 0.3 is 0 Å². The number of carbonyl (C=O) groups excluding carboxylic acids is 1. The number of benzene rings is 1. The third-order valence-corrected chi connectivity index (χ3v) is 4.25. The van der Waals surface area contributed by atoms with Gasteiger partial charge in [0.05, 0.1) is 0 Å². The Labute approximate surface area is 141 Å². The van der Waals surface area contributed by atoms with Crippen LogP contribution in [-0.2, 0) is 15.6 Å². The van der Waals surface area contributed by atoms with Crippen LogP contribution in [0.4, 0.5) is 0 Å². The lowest BCUT2D eigenvalue weighted by Gasteiger charge is -2.28. The van der Waals surface area contributed by atoms with Crippen molar-refractivity contribution in [2.24, 2.45) is 5.92 Å². The predicted octanol–water partition coefficient (Wildman–Crippen LogP) is 4.98. The number of aromatic hydroxyl groups is 1. The first-order valence-corrected chi connectivity index (χ1v) is 8.36. The molecule has 0 amide bonds. The van der Waals surface area contributed by atoms with Crippen LogP contribution >= 0.6 is 0 Å². The maximum absolute atomic E-state index is 12.2. The molecule has 0 radical (unpaired) electrons. The zero-order chi connectivity index (χ0) is 17.8. The summed E-state index contributed by atoms with van der Waals surface area (Å²) >= 11 is 0. The fourth-order valence-electron chi connectivity index (χ4n) is 2.54. The highest BCUT2D eigenvalue weighted by Crippen LogP contribution is 2.40. The summed E-state index contributed by atoms with van der Waals surface area (Å²) in [5, 5.41) is 10.7. The van der Waals surface area contributed by atoms with E-state index in [4.69, 9.17) is 0 Å². The Hall–Kier alpha value is -1.75. The van der Waals surface area contributed by atoms with E-state index in [1.165, 1.54) is 0 Å². The fourth-order valence-corrected chi connectivity index (χ4v) is 2.54. The van der Waals surface area contributed by atoms with Gasteiger partial charge in [0.2, 0.25) is 5.78 Å². The number of para-hydroxylation sites is 1. The number of Topliss-reactive ketones (excluding diaryl/α,β-unsaturated/α-hetero) is 1. The standard InChI is InChI=1S/C21H30O2/c1-8-15(2)12-13-16(22)14-21(6,7)18-11-9-10-17(19(18)23)20(3,4)5/h9-11,15,23H,8,14H2,1-7H3/t15-/m0/s1. The number of carbonyl (C=O) groups is 1. The SMILES string of the molecule is CC[C@H](C)C#CC(=O)CC(C)(C)c1cccc(C(C)(C)C)c1O. The molecule has 0 aliphatic carbocycles. The highest BCUT2D eigenvalue weighted by Gasteiger charge is 2.29. The summed E-state index contributed by atoms with van der Waals surface area (Å²) in [6.45, 7) is 14.3. The van der Waals surface area contributed by atoms with E-state index in [1.54, 1.807) is 0 Å². The molecule has 1 aromatic carbocycles. The third-order valence-electron chi connectivity index (χ3n) is 4.25. The van der Waals surface area contributed by atoms with Gasteiger partial charge in [0.1, 0.15) is 5.75 Å². The van der Waals surface area contributed by atoms with Gasteiger partial charge in [0.25, 0.3) is 0 Å². The lowest BCUT2D eigenvalue weighted by atomic mass is 9.76. The van der Waals surface area contributed by atoms with Crippen LogP contribution in [0.25, 0.3) is 0 Å². The molecular formula is C21H30O2. The van der Waals surface area contributed by atoms with E-state index in [1.807, 2.05) is 39.0 Å². The minimum Gasteiger partial charge on any atom is -0.507 e. The molecule has 126 valence electrons. The van der Waals surface area contributed by atoms with Crippen molar-refractivity contribution < 1.29 is 9.90 Å². The molecule has 0 saturated carbocycles. The molecule has 0 aliphatic rings. The maximum Gasteiger partial charge on any atom is 0.206 e. The smallest absolute Gasteiger partial charge is 0.206 e.